The maximum absolute atomic E-state index is 11.6. The van der Waals surface area contributed by atoms with Crippen molar-refractivity contribution in [3.63, 3.8) is 0 Å². The van der Waals surface area contributed by atoms with Gasteiger partial charge in [-0.15, -0.1) is 0 Å². The zero-order valence-electron chi connectivity index (χ0n) is 19.2. The predicted molar refractivity (Wildman–Crippen MR) is 133 cm³/mol. The van der Waals surface area contributed by atoms with Crippen LogP contribution in [-0.2, 0) is 6.42 Å². The fourth-order valence-corrected chi connectivity index (χ4v) is 2.86. The Morgan fingerprint density at radius 1 is 1.23 bits per heavy atom. The Hall–Kier alpha value is -2.20. The number of aromatic nitrogens is 1. The van der Waals surface area contributed by atoms with Crippen molar-refractivity contribution in [1.82, 2.24) is 9.88 Å². The summed E-state index contributed by atoms with van der Waals surface area (Å²) in [4.78, 5) is 18.1. The highest BCUT2D eigenvalue weighted by Crippen LogP contribution is 2.25. The van der Waals surface area contributed by atoms with Gasteiger partial charge in [-0.3, -0.25) is 9.78 Å². The highest BCUT2D eigenvalue weighted by molar-refractivity contribution is 9.11. The van der Waals surface area contributed by atoms with Gasteiger partial charge in [0.05, 0.1) is 16.0 Å². The summed E-state index contributed by atoms with van der Waals surface area (Å²) in [6, 6.07) is 12.1. The van der Waals surface area contributed by atoms with Crippen molar-refractivity contribution < 1.29 is 4.79 Å². The van der Waals surface area contributed by atoms with E-state index in [1.54, 1.807) is 25.3 Å². The number of hydrogen-bond acceptors (Lipinski definition) is 3. The van der Waals surface area contributed by atoms with Crippen LogP contribution < -0.4 is 0 Å². The number of ketones is 1. The molecule has 162 valence electrons. The van der Waals surface area contributed by atoms with Gasteiger partial charge in [-0.2, -0.15) is 0 Å². The maximum Gasteiger partial charge on any atom is 0.159 e. The number of allylic oxidation sites excluding steroid dienone is 1. The average Bonchev–Trinajstić information content (AvgIpc) is 2.75. The van der Waals surface area contributed by atoms with E-state index in [2.05, 4.69) is 84.4 Å². The number of rotatable bonds is 8. The number of halogens is 1. The van der Waals surface area contributed by atoms with Crippen molar-refractivity contribution in [2.75, 3.05) is 6.54 Å². The van der Waals surface area contributed by atoms with Crippen molar-refractivity contribution >= 4 is 27.4 Å². The van der Waals surface area contributed by atoms with E-state index < -0.39 is 0 Å². The third-order valence-corrected chi connectivity index (χ3v) is 5.73. The molecule has 0 radical (unpaired) electrons. The molecule has 0 N–H and O–H groups in total. The minimum Gasteiger partial charge on any atom is -0.334 e. The number of Topliss-reactive ketones (excluding diaryl/α,β-unsaturated/α-hetero) is 1. The normalized spacial score (nSPS) is 11.0. The highest BCUT2D eigenvalue weighted by atomic mass is 79.9. The topological polar surface area (TPSA) is 33.2 Å². The summed E-state index contributed by atoms with van der Waals surface area (Å²) in [5, 5.41) is 0. The second kappa shape index (κ2) is 13.2. The number of nitrogens with zero attached hydrogens (tertiary/aromatic N) is 2. The Labute approximate surface area is 191 Å². The van der Waals surface area contributed by atoms with Gasteiger partial charge in [-0.05, 0) is 66.7 Å². The summed E-state index contributed by atoms with van der Waals surface area (Å²) in [6.45, 7) is 17.2. The molecule has 3 nitrogen and oxygen atoms in total. The molecule has 0 aliphatic rings. The standard InChI is InChI=1S/C21H23BrN2O.C5H12/c1-5-21(22)24(13-11-18-8-6-15(2)7-9-18)16(3)20-14-19(17(4)25)10-12-23-20;1-4-5(2)3/h5-10,12,14H,3,11,13H2,1-2,4H3;5H,4H2,1-3H3/b21-5-;. The molecule has 0 saturated heterocycles. The molecule has 4 heteroatoms. The van der Waals surface area contributed by atoms with Crippen LogP contribution in [0.5, 0.6) is 0 Å². The van der Waals surface area contributed by atoms with E-state index in [0.29, 0.717) is 11.3 Å². The molecule has 2 rings (SSSR count). The molecule has 0 atom stereocenters. The molecule has 0 bridgehead atoms. The van der Waals surface area contributed by atoms with Crippen LogP contribution in [0.25, 0.3) is 5.70 Å². The Morgan fingerprint density at radius 2 is 1.83 bits per heavy atom. The predicted octanol–water partition coefficient (Wildman–Crippen LogP) is 7.42. The van der Waals surface area contributed by atoms with Gasteiger partial charge in [0.25, 0.3) is 0 Å². The quantitative estimate of drug-likeness (QED) is 0.297. The van der Waals surface area contributed by atoms with Crippen LogP contribution in [-0.4, -0.2) is 22.2 Å². The van der Waals surface area contributed by atoms with Crippen LogP contribution >= 0.6 is 15.9 Å². The van der Waals surface area contributed by atoms with E-state index in [1.165, 1.54) is 17.5 Å². The number of benzene rings is 1. The largest absolute Gasteiger partial charge is 0.334 e. The lowest BCUT2D eigenvalue weighted by Crippen LogP contribution is -2.22. The molecule has 0 spiro atoms. The van der Waals surface area contributed by atoms with Crippen LogP contribution in [0.2, 0.25) is 0 Å². The zero-order chi connectivity index (χ0) is 22.7. The third-order valence-electron chi connectivity index (χ3n) is 4.85. The molecule has 0 amide bonds. The molecule has 0 saturated carbocycles. The molecule has 0 aliphatic heterocycles. The fourth-order valence-electron chi connectivity index (χ4n) is 2.47. The number of carbonyl (C=O) groups excluding carboxylic acids is 1. The minimum absolute atomic E-state index is 0.0211. The van der Waals surface area contributed by atoms with Crippen molar-refractivity contribution in [3.05, 3.63) is 82.2 Å². The monoisotopic (exact) mass is 470 g/mol. The first-order chi connectivity index (χ1) is 14.2. The van der Waals surface area contributed by atoms with E-state index >= 15 is 0 Å². The Balaban J connectivity index is 0.000000804. The molecule has 1 heterocycles. The first-order valence-corrected chi connectivity index (χ1v) is 11.3. The van der Waals surface area contributed by atoms with Crippen LogP contribution in [0.3, 0.4) is 0 Å². The maximum atomic E-state index is 11.6. The number of aryl methyl sites for hydroxylation is 1. The summed E-state index contributed by atoms with van der Waals surface area (Å²) < 4.78 is 0.930. The van der Waals surface area contributed by atoms with E-state index in [9.17, 15) is 4.79 Å². The van der Waals surface area contributed by atoms with Gasteiger partial charge < -0.3 is 4.90 Å². The molecule has 0 unspecified atom stereocenters. The molecular formula is C26H35BrN2O. The van der Waals surface area contributed by atoms with Gasteiger partial charge in [0.2, 0.25) is 0 Å². The zero-order valence-corrected chi connectivity index (χ0v) is 20.8. The molecular weight excluding hydrogens is 436 g/mol. The molecule has 30 heavy (non-hydrogen) atoms. The van der Waals surface area contributed by atoms with Gasteiger partial charge in [0, 0.05) is 18.3 Å². The summed E-state index contributed by atoms with van der Waals surface area (Å²) in [7, 11) is 0. The van der Waals surface area contributed by atoms with Crippen LogP contribution in [0.4, 0.5) is 0 Å². The van der Waals surface area contributed by atoms with E-state index in [0.717, 1.165) is 29.2 Å². The fraction of sp³-hybridized carbons (Fsp3) is 0.385. The lowest BCUT2D eigenvalue weighted by molar-refractivity contribution is 0.101. The summed E-state index contributed by atoms with van der Waals surface area (Å²) in [6.07, 6.45) is 5.82. The molecule has 0 aliphatic carbocycles. The van der Waals surface area contributed by atoms with Crippen LogP contribution in [0, 0.1) is 12.8 Å². The summed E-state index contributed by atoms with van der Waals surface area (Å²) >= 11 is 3.61. The second-order valence-corrected chi connectivity index (χ2v) is 8.55. The molecule has 1 aromatic heterocycles. The Kier molecular flexibility index (Phi) is 11.3. The molecule has 1 aromatic carbocycles. The first-order valence-electron chi connectivity index (χ1n) is 10.5. The smallest absolute Gasteiger partial charge is 0.159 e. The highest BCUT2D eigenvalue weighted by Gasteiger charge is 2.15. The van der Waals surface area contributed by atoms with Gasteiger partial charge >= 0.3 is 0 Å². The first kappa shape index (κ1) is 25.8. The molecule has 0 fully saturated rings. The van der Waals surface area contributed by atoms with Gasteiger partial charge in [-0.25, -0.2) is 0 Å². The number of pyridine rings is 1. The number of hydrogen-bond donors (Lipinski definition) is 0. The minimum atomic E-state index is 0.0211. The lowest BCUT2D eigenvalue weighted by Gasteiger charge is -2.26. The third kappa shape index (κ3) is 8.66. The van der Waals surface area contributed by atoms with Crippen LogP contribution in [0.15, 0.2) is 59.9 Å². The van der Waals surface area contributed by atoms with Gasteiger partial charge in [0.15, 0.2) is 5.78 Å². The van der Waals surface area contributed by atoms with Crippen molar-refractivity contribution in [2.45, 2.75) is 54.4 Å². The summed E-state index contributed by atoms with van der Waals surface area (Å²) in [5.41, 5.74) is 4.63. The lowest BCUT2D eigenvalue weighted by atomic mass is 10.1. The van der Waals surface area contributed by atoms with Crippen molar-refractivity contribution in [2.24, 2.45) is 5.92 Å². The average molecular weight is 471 g/mol. The van der Waals surface area contributed by atoms with E-state index in [-0.39, 0.29) is 5.78 Å². The van der Waals surface area contributed by atoms with Crippen LogP contribution in [0.1, 0.15) is 68.2 Å². The number of carbonyl (C=O) groups is 1. The summed E-state index contributed by atoms with van der Waals surface area (Å²) in [5.74, 6) is 0.905. The van der Waals surface area contributed by atoms with Gasteiger partial charge in [-0.1, -0.05) is 69.7 Å². The Bertz CT molecular complexity index is 854. The van der Waals surface area contributed by atoms with Gasteiger partial charge in [0.1, 0.15) is 0 Å². The molecule has 2 aromatic rings. The van der Waals surface area contributed by atoms with Crippen molar-refractivity contribution in [1.29, 1.82) is 0 Å². The SMILES string of the molecule is C=C(c1cc(C(C)=O)ccn1)N(CCc1ccc(C)cc1)/C(Br)=C\C.CCC(C)C. The second-order valence-electron chi connectivity index (χ2n) is 7.73. The van der Waals surface area contributed by atoms with E-state index in [1.807, 2.05) is 13.0 Å². The Morgan fingerprint density at radius 3 is 2.33 bits per heavy atom. The van der Waals surface area contributed by atoms with Crippen molar-refractivity contribution in [3.8, 4) is 0 Å². The van der Waals surface area contributed by atoms with E-state index in [4.69, 9.17) is 0 Å².